The van der Waals surface area contributed by atoms with Crippen LogP contribution in [-0.2, 0) is 0 Å². The predicted octanol–water partition coefficient (Wildman–Crippen LogP) is 6.05. The number of halogens is 1. The Hall–Kier alpha value is -2.37. The van der Waals surface area contributed by atoms with Crippen LogP contribution in [0.25, 0.3) is 0 Å². The van der Waals surface area contributed by atoms with Gasteiger partial charge in [-0.3, -0.25) is 0 Å². The Kier molecular flexibility index (Phi) is 5.46. The molecule has 0 unspecified atom stereocenters. The van der Waals surface area contributed by atoms with Gasteiger partial charge in [-0.25, -0.2) is 0 Å². The molecular formula is C19H15BrN2OS. The summed E-state index contributed by atoms with van der Waals surface area (Å²) in [6.45, 7) is 0. The fourth-order valence-corrected chi connectivity index (χ4v) is 2.58. The summed E-state index contributed by atoms with van der Waals surface area (Å²) in [7, 11) is 0. The van der Waals surface area contributed by atoms with E-state index in [1.54, 1.807) is 0 Å². The van der Waals surface area contributed by atoms with Gasteiger partial charge in [0, 0.05) is 10.2 Å². The quantitative estimate of drug-likeness (QED) is 0.524. The van der Waals surface area contributed by atoms with Crippen molar-refractivity contribution in [1.82, 2.24) is 0 Å². The van der Waals surface area contributed by atoms with Gasteiger partial charge in [-0.15, -0.1) is 0 Å². The number of thiocarbonyl (C=S) groups is 1. The van der Waals surface area contributed by atoms with Gasteiger partial charge in [0.05, 0.1) is 5.69 Å². The van der Waals surface area contributed by atoms with Crippen molar-refractivity contribution < 1.29 is 4.74 Å². The highest BCUT2D eigenvalue weighted by Gasteiger charge is 2.06. The number of ether oxygens (including phenoxy) is 1. The normalized spacial score (nSPS) is 10.0. The number of rotatable bonds is 4. The molecule has 0 atom stereocenters. The molecule has 0 aliphatic rings. The van der Waals surface area contributed by atoms with Gasteiger partial charge in [0.15, 0.2) is 10.9 Å². The van der Waals surface area contributed by atoms with Crippen molar-refractivity contribution in [2.24, 2.45) is 0 Å². The van der Waals surface area contributed by atoms with E-state index in [1.165, 1.54) is 0 Å². The molecule has 0 radical (unpaired) electrons. The largest absolute Gasteiger partial charge is 0.455 e. The summed E-state index contributed by atoms with van der Waals surface area (Å²) in [5.41, 5.74) is 1.72. The van der Waals surface area contributed by atoms with Crippen molar-refractivity contribution in [2.45, 2.75) is 0 Å². The van der Waals surface area contributed by atoms with Gasteiger partial charge in [0.1, 0.15) is 5.75 Å². The molecule has 0 aliphatic carbocycles. The molecule has 0 saturated carbocycles. The van der Waals surface area contributed by atoms with Crippen molar-refractivity contribution in [3.8, 4) is 11.5 Å². The maximum atomic E-state index is 5.92. The minimum absolute atomic E-state index is 0.501. The number of hydrogen-bond acceptors (Lipinski definition) is 2. The van der Waals surface area contributed by atoms with E-state index in [-0.39, 0.29) is 0 Å². The minimum Gasteiger partial charge on any atom is -0.455 e. The van der Waals surface area contributed by atoms with Crippen LogP contribution in [0.15, 0.2) is 83.3 Å². The summed E-state index contributed by atoms with van der Waals surface area (Å²) < 4.78 is 6.94. The summed E-state index contributed by atoms with van der Waals surface area (Å²) in [6, 6.07) is 25.1. The molecule has 0 amide bonds. The molecular weight excluding hydrogens is 384 g/mol. The average molecular weight is 399 g/mol. The molecule has 2 N–H and O–H groups in total. The molecule has 0 spiro atoms. The smallest absolute Gasteiger partial charge is 0.175 e. The molecule has 3 aromatic rings. The van der Waals surface area contributed by atoms with Crippen LogP contribution in [0.2, 0.25) is 0 Å². The highest BCUT2D eigenvalue weighted by atomic mass is 79.9. The Morgan fingerprint density at radius 3 is 2.21 bits per heavy atom. The molecule has 0 aliphatic heterocycles. The van der Waals surface area contributed by atoms with Crippen molar-refractivity contribution in [2.75, 3.05) is 10.6 Å². The Balaban J connectivity index is 1.70. The van der Waals surface area contributed by atoms with Crippen LogP contribution in [0, 0.1) is 0 Å². The molecule has 0 bridgehead atoms. The first-order valence-corrected chi connectivity index (χ1v) is 8.56. The first-order chi connectivity index (χ1) is 11.7. The number of hydrogen-bond donors (Lipinski definition) is 2. The zero-order valence-electron chi connectivity index (χ0n) is 12.7. The zero-order chi connectivity index (χ0) is 16.8. The van der Waals surface area contributed by atoms with E-state index in [1.807, 2.05) is 78.9 Å². The summed E-state index contributed by atoms with van der Waals surface area (Å²) in [5, 5.41) is 6.83. The summed E-state index contributed by atoms with van der Waals surface area (Å²) in [4.78, 5) is 0. The van der Waals surface area contributed by atoms with Crippen molar-refractivity contribution in [1.29, 1.82) is 0 Å². The SMILES string of the molecule is S=C(Nc1ccc(Br)cc1)Nc1ccccc1Oc1ccccc1. The molecule has 120 valence electrons. The number of para-hydroxylation sites is 3. The van der Waals surface area contributed by atoms with Crippen LogP contribution in [-0.4, -0.2) is 5.11 Å². The van der Waals surface area contributed by atoms with Gasteiger partial charge in [0.2, 0.25) is 0 Å². The second-order valence-corrected chi connectivity index (χ2v) is 6.32. The summed E-state index contributed by atoms with van der Waals surface area (Å²) >= 11 is 8.80. The van der Waals surface area contributed by atoms with Crippen LogP contribution in [0.5, 0.6) is 11.5 Å². The van der Waals surface area contributed by atoms with Gasteiger partial charge < -0.3 is 15.4 Å². The van der Waals surface area contributed by atoms with E-state index in [2.05, 4.69) is 26.6 Å². The Morgan fingerprint density at radius 2 is 1.46 bits per heavy atom. The first-order valence-electron chi connectivity index (χ1n) is 7.36. The molecule has 0 aromatic heterocycles. The molecule has 3 nitrogen and oxygen atoms in total. The second kappa shape index (κ2) is 7.95. The molecule has 24 heavy (non-hydrogen) atoms. The Labute approximate surface area is 154 Å². The number of anilines is 2. The molecule has 5 heteroatoms. The van der Waals surface area contributed by atoms with E-state index in [4.69, 9.17) is 17.0 Å². The topological polar surface area (TPSA) is 33.3 Å². The fourth-order valence-electron chi connectivity index (χ4n) is 2.09. The van der Waals surface area contributed by atoms with Crippen LogP contribution in [0.1, 0.15) is 0 Å². The van der Waals surface area contributed by atoms with Crippen LogP contribution in [0.4, 0.5) is 11.4 Å². The molecule has 0 saturated heterocycles. The van der Waals surface area contributed by atoms with Gasteiger partial charge in [0.25, 0.3) is 0 Å². The highest BCUT2D eigenvalue weighted by Crippen LogP contribution is 2.29. The minimum atomic E-state index is 0.501. The maximum Gasteiger partial charge on any atom is 0.175 e. The first kappa shape index (κ1) is 16.5. The third-order valence-corrected chi connectivity index (χ3v) is 3.94. The van der Waals surface area contributed by atoms with Gasteiger partial charge >= 0.3 is 0 Å². The molecule has 0 heterocycles. The van der Waals surface area contributed by atoms with Crippen LogP contribution in [0.3, 0.4) is 0 Å². The zero-order valence-corrected chi connectivity index (χ0v) is 15.1. The lowest BCUT2D eigenvalue weighted by Crippen LogP contribution is -2.19. The molecule has 0 fully saturated rings. The van der Waals surface area contributed by atoms with E-state index in [9.17, 15) is 0 Å². The van der Waals surface area contributed by atoms with Crippen LogP contribution >= 0.6 is 28.1 Å². The maximum absolute atomic E-state index is 5.92. The van der Waals surface area contributed by atoms with E-state index >= 15 is 0 Å². The van der Waals surface area contributed by atoms with E-state index in [0.29, 0.717) is 10.9 Å². The highest BCUT2D eigenvalue weighted by molar-refractivity contribution is 9.10. The Morgan fingerprint density at radius 1 is 0.792 bits per heavy atom. The van der Waals surface area contributed by atoms with E-state index < -0.39 is 0 Å². The summed E-state index contributed by atoms with van der Waals surface area (Å²) in [5.74, 6) is 1.49. The third kappa shape index (κ3) is 4.57. The second-order valence-electron chi connectivity index (χ2n) is 5.00. The Bertz CT molecular complexity index is 822. The van der Waals surface area contributed by atoms with Gasteiger partial charge in [-0.05, 0) is 60.7 Å². The average Bonchev–Trinajstić information content (AvgIpc) is 2.60. The standard InChI is InChI=1S/C19H15BrN2OS/c20-14-10-12-15(13-11-14)21-19(24)22-17-8-4-5-9-18(17)23-16-6-2-1-3-7-16/h1-13H,(H2,21,22,24). The lowest BCUT2D eigenvalue weighted by Gasteiger charge is -2.14. The monoisotopic (exact) mass is 398 g/mol. The van der Waals surface area contributed by atoms with E-state index in [0.717, 1.165) is 21.6 Å². The van der Waals surface area contributed by atoms with Crippen molar-refractivity contribution in [3.63, 3.8) is 0 Å². The van der Waals surface area contributed by atoms with Crippen molar-refractivity contribution >= 4 is 44.6 Å². The summed E-state index contributed by atoms with van der Waals surface area (Å²) in [6.07, 6.45) is 0. The molecule has 3 aromatic carbocycles. The number of nitrogens with one attached hydrogen (secondary N) is 2. The van der Waals surface area contributed by atoms with Crippen molar-refractivity contribution in [3.05, 3.63) is 83.3 Å². The van der Waals surface area contributed by atoms with Gasteiger partial charge in [-0.2, -0.15) is 0 Å². The lowest BCUT2D eigenvalue weighted by atomic mass is 10.3. The fraction of sp³-hybridized carbons (Fsp3) is 0. The predicted molar refractivity (Wildman–Crippen MR) is 107 cm³/mol. The third-order valence-electron chi connectivity index (χ3n) is 3.21. The molecule has 3 rings (SSSR count). The lowest BCUT2D eigenvalue weighted by molar-refractivity contribution is 0.485. The number of benzene rings is 3. The van der Waals surface area contributed by atoms with Crippen LogP contribution < -0.4 is 15.4 Å². The van der Waals surface area contributed by atoms with Gasteiger partial charge in [-0.1, -0.05) is 46.3 Å².